The van der Waals surface area contributed by atoms with Gasteiger partial charge in [0.15, 0.2) is 11.6 Å². The molecule has 0 N–H and O–H groups in total. The number of rotatable bonds is 9. The molecule has 204 valence electrons. The van der Waals surface area contributed by atoms with Gasteiger partial charge in [-0.3, -0.25) is 13.9 Å². The molecule has 0 bridgehead atoms. The zero-order chi connectivity index (χ0) is 28.3. The van der Waals surface area contributed by atoms with Crippen molar-refractivity contribution in [3.8, 4) is 16.9 Å². The topological polar surface area (TPSA) is 56.5 Å². The second kappa shape index (κ2) is 11.7. The summed E-state index contributed by atoms with van der Waals surface area (Å²) in [5.41, 5.74) is -0.845. The number of benzene rings is 3. The van der Waals surface area contributed by atoms with E-state index in [2.05, 4.69) is 0 Å². The molecule has 0 unspecified atom stereocenters. The largest absolute Gasteiger partial charge is 0.494 e. The minimum absolute atomic E-state index is 0.0296. The van der Waals surface area contributed by atoms with Crippen LogP contribution >= 0.6 is 0 Å². The Morgan fingerprint density at radius 3 is 2.13 bits per heavy atom. The summed E-state index contributed by atoms with van der Waals surface area (Å²) < 4.78 is 51.9. The van der Waals surface area contributed by atoms with Crippen molar-refractivity contribution >= 4 is 0 Å². The van der Waals surface area contributed by atoms with Gasteiger partial charge in [0, 0.05) is 29.4 Å². The van der Waals surface area contributed by atoms with E-state index in [1.54, 1.807) is 0 Å². The van der Waals surface area contributed by atoms with Crippen LogP contribution in [0.1, 0.15) is 16.8 Å². The molecular weight excluding hydrogens is 507 g/mol. The lowest BCUT2D eigenvalue weighted by Crippen LogP contribution is -2.47. The summed E-state index contributed by atoms with van der Waals surface area (Å²) in [7, 11) is 4.98. The van der Waals surface area contributed by atoms with Crippen molar-refractivity contribution in [2.75, 3.05) is 21.2 Å². The fourth-order valence-electron chi connectivity index (χ4n) is 4.67. The average Bonchev–Trinajstić information content (AvgIpc) is 2.91. The number of methoxy groups -OCH3 is 1. The highest BCUT2D eigenvalue weighted by Crippen LogP contribution is 2.29. The number of hydrogen-bond donors (Lipinski definition) is 0. The van der Waals surface area contributed by atoms with Crippen LogP contribution in [-0.4, -0.2) is 41.3 Å². The van der Waals surface area contributed by atoms with Crippen molar-refractivity contribution < 1.29 is 17.9 Å². The summed E-state index contributed by atoms with van der Waals surface area (Å²) >= 11 is 0. The molecule has 0 aliphatic rings. The number of nitrogens with zero attached hydrogens (tertiary/aromatic N) is 3. The van der Waals surface area contributed by atoms with Gasteiger partial charge < -0.3 is 9.64 Å². The highest BCUT2D eigenvalue weighted by molar-refractivity contribution is 5.67. The Morgan fingerprint density at radius 2 is 1.51 bits per heavy atom. The number of halogens is 3. The van der Waals surface area contributed by atoms with E-state index >= 15 is 4.39 Å². The Balaban J connectivity index is 1.95. The maximum atomic E-state index is 15.4. The number of hydrogen-bond acceptors (Lipinski definition) is 4. The first-order chi connectivity index (χ1) is 18.6. The van der Waals surface area contributed by atoms with Crippen LogP contribution in [0.5, 0.6) is 5.75 Å². The van der Waals surface area contributed by atoms with Gasteiger partial charge >= 0.3 is 5.69 Å². The zero-order valence-corrected chi connectivity index (χ0v) is 22.2. The third-order valence-corrected chi connectivity index (χ3v) is 6.96. The lowest BCUT2D eigenvalue weighted by Gasteiger charge is -2.26. The van der Waals surface area contributed by atoms with E-state index in [1.165, 1.54) is 38.3 Å². The minimum atomic E-state index is -0.830. The summed E-state index contributed by atoms with van der Waals surface area (Å²) in [6, 6.07) is 17.1. The number of likely N-dealkylation sites (N-methyl/N-ethyl adjacent to an activating group) is 1. The van der Waals surface area contributed by atoms with Gasteiger partial charge in [0.25, 0.3) is 5.56 Å². The molecule has 0 radical (unpaired) electrons. The molecule has 1 aromatic heterocycles. The smallest absolute Gasteiger partial charge is 0.331 e. The quantitative estimate of drug-likeness (QED) is 0.313. The molecule has 0 aliphatic heterocycles. The third-order valence-electron chi connectivity index (χ3n) is 6.96. The van der Waals surface area contributed by atoms with E-state index in [0.29, 0.717) is 6.42 Å². The van der Waals surface area contributed by atoms with Crippen molar-refractivity contribution in [3.63, 3.8) is 0 Å². The second-order valence-electron chi connectivity index (χ2n) is 9.57. The van der Waals surface area contributed by atoms with E-state index in [4.69, 9.17) is 4.74 Å². The van der Waals surface area contributed by atoms with Gasteiger partial charge in [0.05, 0.1) is 19.2 Å². The molecule has 0 fully saturated rings. The average molecular weight is 538 g/mol. The summed E-state index contributed by atoms with van der Waals surface area (Å²) in [5, 5.41) is 0. The fraction of sp³-hybridized carbons (Fsp3) is 0.267. The Morgan fingerprint density at radius 1 is 0.872 bits per heavy atom. The molecule has 9 heteroatoms. The SMILES string of the molecule is COc1cccc(-c2c(C)n(Cc3c(F)cccc3F)c(=O)n(C[C@@H](Cc3ccccc3)N(C)C)c2=O)c1F. The summed E-state index contributed by atoms with van der Waals surface area (Å²) in [5.74, 6) is -2.51. The van der Waals surface area contributed by atoms with Gasteiger partial charge in [-0.05, 0) is 51.2 Å². The molecule has 6 nitrogen and oxygen atoms in total. The van der Waals surface area contributed by atoms with Gasteiger partial charge in [0.2, 0.25) is 0 Å². The first kappa shape index (κ1) is 27.9. The van der Waals surface area contributed by atoms with Crippen LogP contribution in [0.4, 0.5) is 13.2 Å². The highest BCUT2D eigenvalue weighted by Gasteiger charge is 2.25. The van der Waals surface area contributed by atoms with Gasteiger partial charge in [-0.2, -0.15) is 0 Å². The molecule has 4 aromatic rings. The van der Waals surface area contributed by atoms with E-state index < -0.39 is 35.2 Å². The third kappa shape index (κ3) is 5.68. The van der Waals surface area contributed by atoms with Gasteiger partial charge in [-0.1, -0.05) is 48.5 Å². The first-order valence-corrected chi connectivity index (χ1v) is 12.4. The highest BCUT2D eigenvalue weighted by atomic mass is 19.1. The van der Waals surface area contributed by atoms with Crippen LogP contribution in [0, 0.1) is 24.4 Å². The van der Waals surface area contributed by atoms with Crippen molar-refractivity contribution in [3.05, 3.63) is 122 Å². The Hall–Kier alpha value is -4.11. The van der Waals surface area contributed by atoms with E-state index in [9.17, 15) is 18.4 Å². The molecule has 0 saturated heterocycles. The Labute approximate surface area is 224 Å². The van der Waals surface area contributed by atoms with Crippen LogP contribution in [-0.2, 0) is 19.5 Å². The van der Waals surface area contributed by atoms with Crippen LogP contribution in [0.2, 0.25) is 0 Å². The zero-order valence-electron chi connectivity index (χ0n) is 22.2. The molecular formula is C30H30F3N3O3. The van der Waals surface area contributed by atoms with E-state index in [-0.39, 0.29) is 40.7 Å². The Kier molecular flexibility index (Phi) is 8.40. The molecule has 0 spiro atoms. The predicted molar refractivity (Wildman–Crippen MR) is 145 cm³/mol. The van der Waals surface area contributed by atoms with E-state index in [0.717, 1.165) is 26.8 Å². The Bertz CT molecular complexity index is 1580. The molecule has 0 aliphatic carbocycles. The molecule has 0 saturated carbocycles. The molecule has 1 heterocycles. The van der Waals surface area contributed by atoms with Crippen LogP contribution < -0.4 is 16.0 Å². The van der Waals surface area contributed by atoms with Gasteiger partial charge in [-0.15, -0.1) is 0 Å². The maximum absolute atomic E-state index is 15.4. The standard InChI is InChI=1S/C30H30F3N3O3/c1-19-27(22-12-8-15-26(39-4)28(22)33)29(37)36(17-21(34(2)3)16-20-10-6-5-7-11-20)30(38)35(19)18-23-24(31)13-9-14-25(23)32/h5-15,21H,16-18H2,1-4H3/t21-/m1/s1. The van der Waals surface area contributed by atoms with Crippen molar-refractivity contribution in [1.82, 2.24) is 14.0 Å². The molecule has 3 aromatic carbocycles. The summed E-state index contributed by atoms with van der Waals surface area (Å²) in [6.07, 6.45) is 0.526. The molecule has 0 amide bonds. The lowest BCUT2D eigenvalue weighted by molar-refractivity contribution is 0.255. The normalized spacial score (nSPS) is 12.1. The fourth-order valence-corrected chi connectivity index (χ4v) is 4.67. The van der Waals surface area contributed by atoms with E-state index in [1.807, 2.05) is 49.3 Å². The van der Waals surface area contributed by atoms with Crippen molar-refractivity contribution in [1.29, 1.82) is 0 Å². The molecule has 4 rings (SSSR count). The van der Waals surface area contributed by atoms with Gasteiger partial charge in [-0.25, -0.2) is 18.0 Å². The first-order valence-electron chi connectivity index (χ1n) is 12.4. The van der Waals surface area contributed by atoms with Gasteiger partial charge in [0.1, 0.15) is 11.6 Å². The number of aromatic nitrogens is 2. The summed E-state index contributed by atoms with van der Waals surface area (Å²) in [4.78, 5) is 29.6. The number of ether oxygens (including phenoxy) is 1. The van der Waals surface area contributed by atoms with Crippen LogP contribution in [0.25, 0.3) is 11.1 Å². The van der Waals surface area contributed by atoms with Crippen molar-refractivity contribution in [2.45, 2.75) is 32.5 Å². The molecule has 39 heavy (non-hydrogen) atoms. The second-order valence-corrected chi connectivity index (χ2v) is 9.57. The maximum Gasteiger partial charge on any atom is 0.331 e. The predicted octanol–water partition coefficient (Wildman–Crippen LogP) is 4.63. The van der Waals surface area contributed by atoms with Crippen LogP contribution in [0.15, 0.2) is 76.3 Å². The van der Waals surface area contributed by atoms with Crippen LogP contribution in [0.3, 0.4) is 0 Å². The molecule has 1 atom stereocenters. The summed E-state index contributed by atoms with van der Waals surface area (Å²) in [6.45, 7) is 0.957. The minimum Gasteiger partial charge on any atom is -0.494 e. The van der Waals surface area contributed by atoms with Crippen molar-refractivity contribution in [2.24, 2.45) is 0 Å². The monoisotopic (exact) mass is 537 g/mol. The lowest BCUT2D eigenvalue weighted by atomic mass is 10.0.